The van der Waals surface area contributed by atoms with Gasteiger partial charge in [0.05, 0.1) is 31.4 Å². The van der Waals surface area contributed by atoms with Crippen LogP contribution < -0.4 is 5.56 Å². The molecule has 0 saturated carbocycles. The number of methoxy groups -OCH3 is 1. The number of fused-ring (bicyclic) bond motifs is 3. The van der Waals surface area contributed by atoms with Crippen LogP contribution in [0.25, 0.3) is 10.2 Å². The number of halogens is 1. The van der Waals surface area contributed by atoms with E-state index in [-0.39, 0.29) is 11.5 Å². The number of hydrogen-bond donors (Lipinski definition) is 0. The van der Waals surface area contributed by atoms with Crippen molar-refractivity contribution in [2.45, 2.75) is 19.5 Å². The highest BCUT2D eigenvalue weighted by atomic mass is 35.5. The largest absolute Gasteiger partial charge is 0.383 e. The molecule has 0 bridgehead atoms. The van der Waals surface area contributed by atoms with Gasteiger partial charge in [0.2, 0.25) is 0 Å². The molecular formula is C19H18ClN3O3S. The maximum absolute atomic E-state index is 12.8. The van der Waals surface area contributed by atoms with Gasteiger partial charge >= 0.3 is 0 Å². The lowest BCUT2D eigenvalue weighted by atomic mass is 10.0. The fourth-order valence-electron chi connectivity index (χ4n) is 3.35. The Labute approximate surface area is 165 Å². The van der Waals surface area contributed by atoms with Gasteiger partial charge in [0.15, 0.2) is 0 Å². The molecule has 1 aliphatic rings. The number of hydrogen-bond acceptors (Lipinski definition) is 5. The van der Waals surface area contributed by atoms with Gasteiger partial charge in [-0.15, -0.1) is 11.3 Å². The van der Waals surface area contributed by atoms with E-state index in [2.05, 4.69) is 4.98 Å². The molecule has 0 saturated heterocycles. The molecule has 0 aliphatic carbocycles. The van der Waals surface area contributed by atoms with E-state index in [4.69, 9.17) is 16.3 Å². The highest BCUT2D eigenvalue weighted by Gasteiger charge is 2.27. The Morgan fingerprint density at radius 3 is 3.04 bits per heavy atom. The number of rotatable bonds is 4. The molecule has 4 rings (SSSR count). The van der Waals surface area contributed by atoms with Crippen molar-refractivity contribution in [2.75, 3.05) is 20.3 Å². The second-order valence-corrected chi connectivity index (χ2v) is 7.93. The van der Waals surface area contributed by atoms with E-state index < -0.39 is 0 Å². The summed E-state index contributed by atoms with van der Waals surface area (Å²) >= 11 is 7.50. The molecule has 0 fully saturated rings. The molecule has 3 aromatic rings. The van der Waals surface area contributed by atoms with Gasteiger partial charge in [0.25, 0.3) is 11.5 Å². The summed E-state index contributed by atoms with van der Waals surface area (Å²) in [6.45, 7) is 1.99. The third kappa shape index (κ3) is 3.38. The predicted octanol–water partition coefficient (Wildman–Crippen LogP) is 2.96. The Kier molecular flexibility index (Phi) is 4.99. The summed E-state index contributed by atoms with van der Waals surface area (Å²) in [5.74, 6) is -0.0499. The molecule has 2 aromatic heterocycles. The molecule has 0 unspecified atom stereocenters. The summed E-state index contributed by atoms with van der Waals surface area (Å²) in [4.78, 5) is 33.6. The van der Waals surface area contributed by atoms with Gasteiger partial charge in [-0.25, -0.2) is 4.98 Å². The van der Waals surface area contributed by atoms with Crippen LogP contribution >= 0.6 is 22.9 Å². The number of ether oxygens (including phenoxy) is 1. The lowest BCUT2D eigenvalue weighted by molar-refractivity contribution is 0.0737. The SMILES string of the molecule is COCCn1cnc2sc3c(c2c1=O)CCN(C(=O)c1cccc(Cl)c1)C3. The van der Waals surface area contributed by atoms with Crippen LogP contribution in [-0.4, -0.2) is 40.6 Å². The lowest BCUT2D eigenvalue weighted by Gasteiger charge is -2.27. The molecule has 0 N–H and O–H groups in total. The van der Waals surface area contributed by atoms with Crippen LogP contribution in [0.3, 0.4) is 0 Å². The molecule has 1 aliphatic heterocycles. The van der Waals surface area contributed by atoms with Crippen LogP contribution in [0.2, 0.25) is 5.02 Å². The molecule has 6 nitrogen and oxygen atoms in total. The van der Waals surface area contributed by atoms with Crippen molar-refractivity contribution in [3.63, 3.8) is 0 Å². The average molecular weight is 404 g/mol. The predicted molar refractivity (Wildman–Crippen MR) is 106 cm³/mol. The number of nitrogens with zero attached hydrogens (tertiary/aromatic N) is 3. The van der Waals surface area contributed by atoms with Crippen molar-refractivity contribution in [1.29, 1.82) is 0 Å². The average Bonchev–Trinajstić information content (AvgIpc) is 3.05. The second-order valence-electron chi connectivity index (χ2n) is 6.41. The van der Waals surface area contributed by atoms with E-state index in [1.54, 1.807) is 47.2 Å². The summed E-state index contributed by atoms with van der Waals surface area (Å²) in [5.41, 5.74) is 1.56. The van der Waals surface area contributed by atoms with Crippen molar-refractivity contribution < 1.29 is 9.53 Å². The molecule has 0 atom stereocenters. The number of thiophene rings is 1. The Balaban J connectivity index is 1.65. The van der Waals surface area contributed by atoms with E-state index in [1.165, 1.54) is 11.3 Å². The third-order valence-electron chi connectivity index (χ3n) is 4.72. The van der Waals surface area contributed by atoms with E-state index in [9.17, 15) is 9.59 Å². The molecule has 1 amide bonds. The molecule has 3 heterocycles. The molecule has 1 aromatic carbocycles. The smallest absolute Gasteiger partial charge is 0.262 e. The molecule has 0 radical (unpaired) electrons. The first-order chi connectivity index (χ1) is 13.1. The molecule has 140 valence electrons. The topological polar surface area (TPSA) is 64.4 Å². The van der Waals surface area contributed by atoms with E-state index >= 15 is 0 Å². The maximum atomic E-state index is 12.8. The lowest BCUT2D eigenvalue weighted by Crippen LogP contribution is -2.35. The van der Waals surface area contributed by atoms with Crippen molar-refractivity contribution in [3.8, 4) is 0 Å². The first kappa shape index (κ1) is 18.2. The first-order valence-corrected chi connectivity index (χ1v) is 9.81. The summed E-state index contributed by atoms with van der Waals surface area (Å²) in [6, 6.07) is 6.97. The third-order valence-corrected chi connectivity index (χ3v) is 6.08. The number of carbonyl (C=O) groups excluding carboxylic acids is 1. The highest BCUT2D eigenvalue weighted by molar-refractivity contribution is 7.18. The molecular weight excluding hydrogens is 386 g/mol. The van der Waals surface area contributed by atoms with Crippen molar-refractivity contribution in [2.24, 2.45) is 0 Å². The van der Waals surface area contributed by atoms with E-state index in [1.807, 2.05) is 0 Å². The van der Waals surface area contributed by atoms with E-state index in [0.717, 1.165) is 15.3 Å². The van der Waals surface area contributed by atoms with Crippen LogP contribution in [0.5, 0.6) is 0 Å². The summed E-state index contributed by atoms with van der Waals surface area (Å²) < 4.78 is 6.64. The Hall–Kier alpha value is -2.22. The second kappa shape index (κ2) is 7.42. The first-order valence-electron chi connectivity index (χ1n) is 8.62. The van der Waals surface area contributed by atoms with Gasteiger partial charge in [0, 0.05) is 29.1 Å². The van der Waals surface area contributed by atoms with Gasteiger partial charge in [-0.3, -0.25) is 14.2 Å². The number of benzene rings is 1. The van der Waals surface area contributed by atoms with Gasteiger partial charge in [-0.2, -0.15) is 0 Å². The standard InChI is InChI=1S/C19H18ClN3O3S/c1-26-8-7-23-11-21-17-16(19(23)25)14-5-6-22(10-15(14)27-17)18(24)12-3-2-4-13(20)9-12/h2-4,9,11H,5-8,10H2,1H3. The number of amides is 1. The fraction of sp³-hybridized carbons (Fsp3) is 0.316. The van der Waals surface area contributed by atoms with Crippen LogP contribution in [0.1, 0.15) is 20.8 Å². The Morgan fingerprint density at radius 1 is 1.41 bits per heavy atom. The minimum Gasteiger partial charge on any atom is -0.383 e. The zero-order valence-corrected chi connectivity index (χ0v) is 16.3. The Bertz CT molecular complexity index is 1080. The molecule has 8 heteroatoms. The van der Waals surface area contributed by atoms with Gasteiger partial charge in [-0.1, -0.05) is 17.7 Å². The van der Waals surface area contributed by atoms with Crippen LogP contribution in [0.4, 0.5) is 0 Å². The molecule has 27 heavy (non-hydrogen) atoms. The minimum atomic E-state index is -0.0499. The van der Waals surface area contributed by atoms with Crippen molar-refractivity contribution >= 4 is 39.1 Å². The minimum absolute atomic E-state index is 0.0378. The quantitative estimate of drug-likeness (QED) is 0.671. The number of aromatic nitrogens is 2. The summed E-state index contributed by atoms with van der Waals surface area (Å²) in [5, 5.41) is 1.23. The van der Waals surface area contributed by atoms with Gasteiger partial charge < -0.3 is 9.64 Å². The zero-order chi connectivity index (χ0) is 19.0. The summed E-state index contributed by atoms with van der Waals surface area (Å²) in [7, 11) is 1.61. The van der Waals surface area contributed by atoms with E-state index in [0.29, 0.717) is 48.6 Å². The van der Waals surface area contributed by atoms with Crippen molar-refractivity contribution in [1.82, 2.24) is 14.5 Å². The number of carbonyl (C=O) groups is 1. The summed E-state index contributed by atoms with van der Waals surface area (Å²) in [6.07, 6.45) is 2.22. The van der Waals surface area contributed by atoms with Gasteiger partial charge in [-0.05, 0) is 30.2 Å². The van der Waals surface area contributed by atoms with Crippen LogP contribution in [-0.2, 0) is 24.2 Å². The monoisotopic (exact) mass is 403 g/mol. The van der Waals surface area contributed by atoms with Crippen LogP contribution in [0.15, 0.2) is 35.4 Å². The zero-order valence-electron chi connectivity index (χ0n) is 14.8. The fourth-order valence-corrected chi connectivity index (χ4v) is 4.73. The van der Waals surface area contributed by atoms with Crippen LogP contribution in [0, 0.1) is 0 Å². The highest BCUT2D eigenvalue weighted by Crippen LogP contribution is 2.32. The Morgan fingerprint density at radius 2 is 2.26 bits per heavy atom. The van der Waals surface area contributed by atoms with Crippen molar-refractivity contribution in [3.05, 3.63) is 62.0 Å². The normalized spacial score (nSPS) is 13.8. The maximum Gasteiger partial charge on any atom is 0.262 e. The van der Waals surface area contributed by atoms with Gasteiger partial charge in [0.1, 0.15) is 4.83 Å². The molecule has 0 spiro atoms.